The van der Waals surface area contributed by atoms with Crippen LogP contribution in [0, 0.1) is 41.7 Å². The number of fused-ring (bicyclic) bond motifs is 3. The Morgan fingerprint density at radius 1 is 1.15 bits per heavy atom. The number of hydrogen-bond donors (Lipinski definition) is 2. The summed E-state index contributed by atoms with van der Waals surface area (Å²) in [5.74, 6) is -2.01. The van der Waals surface area contributed by atoms with E-state index < -0.39 is 30.0 Å². The number of benzene rings is 2. The van der Waals surface area contributed by atoms with Gasteiger partial charge < -0.3 is 14.8 Å². The van der Waals surface area contributed by atoms with Crippen molar-refractivity contribution in [1.29, 1.82) is 0 Å². The third kappa shape index (κ3) is 4.97. The summed E-state index contributed by atoms with van der Waals surface area (Å²) >= 11 is 0. The normalized spacial score (nSPS) is 24.9. The van der Waals surface area contributed by atoms with Crippen molar-refractivity contribution in [2.24, 2.45) is 17.8 Å². The molecule has 0 bridgehead atoms. The van der Waals surface area contributed by atoms with Crippen LogP contribution in [0.15, 0.2) is 53.1 Å². The van der Waals surface area contributed by atoms with E-state index in [1.165, 1.54) is 24.3 Å². The van der Waals surface area contributed by atoms with E-state index in [2.05, 4.69) is 6.08 Å². The Kier molecular flexibility index (Phi) is 7.41. The summed E-state index contributed by atoms with van der Waals surface area (Å²) in [7, 11) is -1.06. The first kappa shape index (κ1) is 27.8. The van der Waals surface area contributed by atoms with Crippen LogP contribution in [0.4, 0.5) is 11.4 Å². The average molecular weight is 544 g/mol. The molecule has 0 saturated carbocycles. The molecular weight excluding hydrogens is 511 g/mol. The van der Waals surface area contributed by atoms with E-state index in [0.29, 0.717) is 25.0 Å². The molecule has 2 amide bonds. The van der Waals surface area contributed by atoms with Gasteiger partial charge >= 0.3 is 7.12 Å². The minimum absolute atomic E-state index is 0.189. The lowest BCUT2D eigenvalue weighted by Crippen LogP contribution is -2.46. The third-order valence-electron chi connectivity index (χ3n) is 8.48. The van der Waals surface area contributed by atoms with Gasteiger partial charge in [-0.15, -0.1) is 0 Å². The van der Waals surface area contributed by atoms with Crippen LogP contribution in [-0.2, 0) is 14.2 Å². The van der Waals surface area contributed by atoms with Crippen molar-refractivity contribution < 1.29 is 29.3 Å². The lowest BCUT2D eigenvalue weighted by Gasteiger charge is -2.42. The van der Waals surface area contributed by atoms with Crippen LogP contribution in [0.25, 0.3) is 6.08 Å². The van der Waals surface area contributed by atoms with E-state index in [9.17, 15) is 29.8 Å². The van der Waals surface area contributed by atoms with E-state index in [1.807, 2.05) is 39.8 Å². The molecule has 0 unspecified atom stereocenters. The van der Waals surface area contributed by atoms with Crippen LogP contribution in [0.3, 0.4) is 0 Å². The van der Waals surface area contributed by atoms with Crippen molar-refractivity contribution in [3.8, 4) is 5.75 Å². The second-order valence-corrected chi connectivity index (χ2v) is 11.3. The predicted molar refractivity (Wildman–Crippen MR) is 151 cm³/mol. The molecule has 5 rings (SSSR count). The number of allylic oxidation sites excluding steroid dienone is 2. The van der Waals surface area contributed by atoms with Gasteiger partial charge in [-0.3, -0.25) is 19.7 Å². The van der Waals surface area contributed by atoms with E-state index in [1.54, 1.807) is 0 Å². The van der Waals surface area contributed by atoms with Gasteiger partial charge in [0, 0.05) is 12.1 Å². The zero-order valence-corrected chi connectivity index (χ0v) is 23.1. The van der Waals surface area contributed by atoms with Crippen molar-refractivity contribution in [3.63, 3.8) is 0 Å². The highest BCUT2D eigenvalue weighted by molar-refractivity contribution is 6.43. The average Bonchev–Trinajstić information content (AvgIpc) is 3.14. The van der Waals surface area contributed by atoms with Crippen LogP contribution in [0.2, 0.25) is 6.32 Å². The van der Waals surface area contributed by atoms with Crippen LogP contribution in [0.1, 0.15) is 49.8 Å². The summed E-state index contributed by atoms with van der Waals surface area (Å²) in [6, 6.07) is 9.46. The highest BCUT2D eigenvalue weighted by atomic mass is 16.6. The van der Waals surface area contributed by atoms with Crippen LogP contribution in [-0.4, -0.2) is 40.1 Å². The quantitative estimate of drug-likeness (QED) is 0.170. The van der Waals surface area contributed by atoms with Gasteiger partial charge in [0.25, 0.3) is 5.69 Å². The van der Waals surface area contributed by atoms with Gasteiger partial charge in [0.05, 0.1) is 28.6 Å². The maximum absolute atomic E-state index is 13.7. The molecule has 2 saturated heterocycles. The maximum atomic E-state index is 13.7. The number of anilines is 1. The van der Waals surface area contributed by atoms with Crippen LogP contribution >= 0.6 is 0 Å². The third-order valence-corrected chi connectivity index (χ3v) is 8.48. The molecule has 0 spiro atoms. The summed E-state index contributed by atoms with van der Waals surface area (Å²) in [6.07, 6.45) is 3.60. The predicted octanol–water partition coefficient (Wildman–Crippen LogP) is 5.12. The summed E-state index contributed by atoms with van der Waals surface area (Å²) in [6.45, 7) is 7.73. The van der Waals surface area contributed by atoms with Crippen LogP contribution < -0.4 is 4.90 Å². The van der Waals surface area contributed by atoms with Gasteiger partial charge in [-0.25, -0.2) is 4.90 Å². The first-order chi connectivity index (χ1) is 19.0. The van der Waals surface area contributed by atoms with Crippen molar-refractivity contribution in [2.75, 3.05) is 4.90 Å². The zero-order chi connectivity index (χ0) is 28.9. The fourth-order valence-electron chi connectivity index (χ4n) is 6.71. The van der Waals surface area contributed by atoms with Gasteiger partial charge in [-0.05, 0) is 99.7 Å². The molecule has 2 aromatic carbocycles. The van der Waals surface area contributed by atoms with Gasteiger partial charge in [-0.1, -0.05) is 23.3 Å². The van der Waals surface area contributed by atoms with E-state index in [-0.39, 0.29) is 35.4 Å². The van der Waals surface area contributed by atoms with E-state index in [0.717, 1.165) is 38.3 Å². The number of rotatable bonds is 6. The van der Waals surface area contributed by atoms with E-state index >= 15 is 0 Å². The van der Waals surface area contributed by atoms with Crippen molar-refractivity contribution >= 4 is 36.4 Å². The second-order valence-electron chi connectivity index (χ2n) is 11.3. The number of carbonyl (C=O) groups is 2. The number of phenols is 1. The van der Waals surface area contributed by atoms with Crippen LogP contribution in [0.5, 0.6) is 5.75 Å². The first-order valence-corrected chi connectivity index (χ1v) is 13.6. The second kappa shape index (κ2) is 10.7. The molecule has 2 heterocycles. The minimum atomic E-state index is -1.06. The number of nitro groups is 1. The molecule has 2 aliphatic heterocycles. The molecule has 4 atom stereocenters. The number of amides is 2. The number of nitrogens with zero attached hydrogens (tertiary/aromatic N) is 2. The Bertz CT molecular complexity index is 1440. The molecule has 2 aromatic rings. The number of nitro benzene ring substituents is 1. The Hall–Kier alpha value is -3.76. The number of aromatic hydroxyl groups is 1. The lowest BCUT2D eigenvalue weighted by molar-refractivity contribution is -0.384. The molecule has 3 aliphatic rings. The van der Waals surface area contributed by atoms with Gasteiger partial charge in [-0.2, -0.15) is 0 Å². The first-order valence-electron chi connectivity index (χ1n) is 13.6. The lowest BCUT2D eigenvalue weighted by atomic mass is 9.59. The zero-order valence-electron chi connectivity index (χ0n) is 23.1. The summed E-state index contributed by atoms with van der Waals surface area (Å²) in [5.41, 5.74) is 5.73. The van der Waals surface area contributed by atoms with Crippen molar-refractivity contribution in [1.82, 2.24) is 0 Å². The molecule has 2 fully saturated rings. The standard InChI is InChI=1S/C30H33BN2O7/c1-16(10-20-11-18(3)28(34)19(4)12-20)8-9-25-26-17(2)13-23-27(24(26)15-31(37)40-25)30(36)32(29(23)35)21-6-5-7-22(14-21)33(38)39/h5-7,10-12,14,23-25,27,34,37H,8-9,13,15H2,1-4H3/b16-10+/t23-,24+,25-,27-/m1/s1. The van der Waals surface area contributed by atoms with Crippen molar-refractivity contribution in [3.05, 3.63) is 79.9 Å². The topological polar surface area (TPSA) is 130 Å². The molecule has 40 heavy (non-hydrogen) atoms. The molecule has 10 heteroatoms. The summed E-state index contributed by atoms with van der Waals surface area (Å²) in [5, 5.41) is 32.0. The van der Waals surface area contributed by atoms with Crippen molar-refractivity contribution in [2.45, 2.75) is 59.4 Å². The molecule has 208 valence electrons. The number of phenolic OH excluding ortho intramolecular Hbond substituents is 1. The maximum Gasteiger partial charge on any atom is 0.455 e. The molecule has 0 aromatic heterocycles. The Balaban J connectivity index is 1.38. The monoisotopic (exact) mass is 544 g/mol. The van der Waals surface area contributed by atoms with Gasteiger partial charge in [0.15, 0.2) is 0 Å². The summed E-state index contributed by atoms with van der Waals surface area (Å²) in [4.78, 5) is 39.0. The number of carbonyl (C=O) groups excluding carboxylic acids is 2. The fraction of sp³-hybridized carbons (Fsp3) is 0.400. The molecule has 0 radical (unpaired) electrons. The van der Waals surface area contributed by atoms with Gasteiger partial charge in [0.2, 0.25) is 11.8 Å². The van der Waals surface area contributed by atoms with Gasteiger partial charge in [0.1, 0.15) is 5.75 Å². The molecule has 9 nitrogen and oxygen atoms in total. The highest BCUT2D eigenvalue weighted by Gasteiger charge is 2.57. The minimum Gasteiger partial charge on any atom is -0.507 e. The number of hydrogen-bond acceptors (Lipinski definition) is 7. The summed E-state index contributed by atoms with van der Waals surface area (Å²) < 4.78 is 6.00. The Morgan fingerprint density at radius 2 is 1.85 bits per heavy atom. The highest BCUT2D eigenvalue weighted by Crippen LogP contribution is 2.51. The van der Waals surface area contributed by atoms with E-state index in [4.69, 9.17) is 4.65 Å². The number of aryl methyl sites for hydroxylation is 2. The molecular formula is C30H33BN2O7. The Labute approximate surface area is 233 Å². The smallest absolute Gasteiger partial charge is 0.455 e. The SMILES string of the molecule is CC1=C2[C@@H](CC/C(C)=C/c3cc(C)c(O)c(C)c3)OB(O)C[C@@H]2[C@@H]2C(=O)N(c3cccc([N+](=O)[O-])c3)C(=O)[C@@H]2C1. The fourth-order valence-corrected chi connectivity index (χ4v) is 6.71. The number of non-ortho nitro benzene ring substituents is 1. The Morgan fingerprint density at radius 3 is 2.52 bits per heavy atom. The number of imide groups is 1. The largest absolute Gasteiger partial charge is 0.507 e. The molecule has 1 aliphatic carbocycles. The molecule has 2 N–H and O–H groups in total.